The van der Waals surface area contributed by atoms with Crippen molar-refractivity contribution in [1.82, 2.24) is 15.5 Å². The molecular weight excluding hydrogens is 278 g/mol. The van der Waals surface area contributed by atoms with Gasteiger partial charge in [0.25, 0.3) is 0 Å². The van der Waals surface area contributed by atoms with Gasteiger partial charge in [0, 0.05) is 6.04 Å². The molecule has 1 aromatic rings. The summed E-state index contributed by atoms with van der Waals surface area (Å²) in [5.41, 5.74) is 0. The van der Waals surface area contributed by atoms with Gasteiger partial charge in [0.15, 0.2) is 4.34 Å². The highest BCUT2D eigenvalue weighted by molar-refractivity contribution is 8.01. The lowest BCUT2D eigenvalue weighted by atomic mass is 9.78. The van der Waals surface area contributed by atoms with Crippen molar-refractivity contribution in [2.75, 3.05) is 5.75 Å². The second-order valence-electron chi connectivity index (χ2n) is 5.32. The molecule has 1 aliphatic rings. The van der Waals surface area contributed by atoms with Crippen LogP contribution in [0, 0.1) is 18.8 Å². The number of nitrogens with one attached hydrogen (secondary N) is 1. The molecule has 0 spiro atoms. The van der Waals surface area contributed by atoms with Crippen molar-refractivity contribution < 1.29 is 4.79 Å². The van der Waals surface area contributed by atoms with E-state index in [1.807, 2.05) is 6.92 Å². The fourth-order valence-corrected chi connectivity index (χ4v) is 4.12. The van der Waals surface area contributed by atoms with Gasteiger partial charge in [-0.3, -0.25) is 4.79 Å². The number of nitrogens with zero attached hydrogens (tertiary/aromatic N) is 2. The van der Waals surface area contributed by atoms with Crippen LogP contribution in [0.4, 0.5) is 0 Å². The Kier molecular flexibility index (Phi) is 5.21. The van der Waals surface area contributed by atoms with Crippen molar-refractivity contribution >= 4 is 29.0 Å². The minimum absolute atomic E-state index is 0.115. The number of rotatable bonds is 4. The molecule has 1 saturated carbocycles. The first kappa shape index (κ1) is 14.8. The van der Waals surface area contributed by atoms with Crippen LogP contribution in [-0.4, -0.2) is 27.9 Å². The second-order valence-corrected chi connectivity index (χ2v) is 7.72. The van der Waals surface area contributed by atoms with Crippen LogP contribution in [0.1, 0.15) is 38.1 Å². The molecule has 1 aliphatic carbocycles. The van der Waals surface area contributed by atoms with Crippen LogP contribution in [0.5, 0.6) is 0 Å². The summed E-state index contributed by atoms with van der Waals surface area (Å²) < 4.78 is 0.873. The first-order valence-electron chi connectivity index (χ1n) is 6.78. The summed E-state index contributed by atoms with van der Waals surface area (Å²) in [5.74, 6) is 1.83. The lowest BCUT2D eigenvalue weighted by molar-refractivity contribution is -0.119. The average Bonchev–Trinajstić information content (AvgIpc) is 2.78. The zero-order valence-corrected chi connectivity index (χ0v) is 13.3. The van der Waals surface area contributed by atoms with E-state index in [2.05, 4.69) is 29.4 Å². The standard InChI is InChI=1S/C13H21N3OS2/c1-8-5-4-6-11(9(8)2)14-12(17)7-18-13-16-15-10(3)19-13/h8-9,11H,4-7H2,1-3H3,(H,14,17)/t8-,9+,11-/m1/s1. The Bertz CT molecular complexity index is 435. The number of aryl methyl sites for hydroxylation is 1. The molecule has 1 amide bonds. The van der Waals surface area contributed by atoms with Gasteiger partial charge in [0.1, 0.15) is 5.01 Å². The Hall–Kier alpha value is -0.620. The van der Waals surface area contributed by atoms with Gasteiger partial charge < -0.3 is 5.32 Å². The van der Waals surface area contributed by atoms with Gasteiger partial charge in [-0.25, -0.2) is 0 Å². The third-order valence-electron chi connectivity index (χ3n) is 3.89. The quantitative estimate of drug-likeness (QED) is 0.869. The number of thioether (sulfide) groups is 1. The van der Waals surface area contributed by atoms with Gasteiger partial charge in [0.2, 0.25) is 5.91 Å². The van der Waals surface area contributed by atoms with Crippen LogP contribution < -0.4 is 5.32 Å². The Morgan fingerprint density at radius 3 is 2.89 bits per heavy atom. The first-order valence-corrected chi connectivity index (χ1v) is 8.58. The summed E-state index contributed by atoms with van der Waals surface area (Å²) in [7, 11) is 0. The van der Waals surface area contributed by atoms with E-state index in [0.29, 0.717) is 23.6 Å². The van der Waals surface area contributed by atoms with E-state index >= 15 is 0 Å². The molecule has 1 fully saturated rings. The van der Waals surface area contributed by atoms with Crippen molar-refractivity contribution in [3.63, 3.8) is 0 Å². The Balaban J connectivity index is 1.77. The topological polar surface area (TPSA) is 54.9 Å². The Morgan fingerprint density at radius 1 is 1.42 bits per heavy atom. The second kappa shape index (κ2) is 6.70. The lowest BCUT2D eigenvalue weighted by Gasteiger charge is -2.34. The van der Waals surface area contributed by atoms with E-state index in [-0.39, 0.29) is 5.91 Å². The van der Waals surface area contributed by atoms with Gasteiger partial charge in [-0.05, 0) is 25.2 Å². The predicted molar refractivity (Wildman–Crippen MR) is 79.5 cm³/mol. The smallest absolute Gasteiger partial charge is 0.230 e. The molecular formula is C13H21N3OS2. The molecule has 0 aromatic carbocycles. The highest BCUT2D eigenvalue weighted by atomic mass is 32.2. The molecule has 2 rings (SSSR count). The molecule has 0 saturated heterocycles. The maximum atomic E-state index is 12.0. The van der Waals surface area contributed by atoms with E-state index < -0.39 is 0 Å². The van der Waals surface area contributed by atoms with Crippen molar-refractivity contribution in [1.29, 1.82) is 0 Å². The van der Waals surface area contributed by atoms with Crippen LogP contribution in [0.15, 0.2) is 4.34 Å². The van der Waals surface area contributed by atoms with Crippen LogP contribution in [0.2, 0.25) is 0 Å². The fourth-order valence-electron chi connectivity index (χ4n) is 2.50. The summed E-state index contributed by atoms with van der Waals surface area (Å²) in [6.07, 6.45) is 3.62. The number of hydrogen-bond acceptors (Lipinski definition) is 5. The molecule has 106 valence electrons. The van der Waals surface area contributed by atoms with E-state index in [4.69, 9.17) is 0 Å². The average molecular weight is 299 g/mol. The molecule has 0 unspecified atom stereocenters. The first-order chi connectivity index (χ1) is 9.06. The van der Waals surface area contributed by atoms with Crippen LogP contribution >= 0.6 is 23.1 Å². The number of amides is 1. The Morgan fingerprint density at radius 2 is 2.21 bits per heavy atom. The van der Waals surface area contributed by atoms with Crippen molar-refractivity contribution in [2.24, 2.45) is 11.8 Å². The van der Waals surface area contributed by atoms with Gasteiger partial charge in [-0.1, -0.05) is 49.8 Å². The van der Waals surface area contributed by atoms with Crippen molar-refractivity contribution in [3.05, 3.63) is 5.01 Å². The minimum atomic E-state index is 0.115. The number of hydrogen-bond donors (Lipinski definition) is 1. The third kappa shape index (κ3) is 4.18. The van der Waals surface area contributed by atoms with Gasteiger partial charge >= 0.3 is 0 Å². The monoisotopic (exact) mass is 299 g/mol. The summed E-state index contributed by atoms with van der Waals surface area (Å²) >= 11 is 3.01. The highest BCUT2D eigenvalue weighted by Gasteiger charge is 2.28. The van der Waals surface area contributed by atoms with E-state index in [0.717, 1.165) is 15.8 Å². The molecule has 0 aliphatic heterocycles. The minimum Gasteiger partial charge on any atom is -0.352 e. The highest BCUT2D eigenvalue weighted by Crippen LogP contribution is 2.29. The maximum Gasteiger partial charge on any atom is 0.230 e. The Labute approximate surface area is 122 Å². The summed E-state index contributed by atoms with van der Waals surface area (Å²) in [4.78, 5) is 12.0. The number of carbonyl (C=O) groups is 1. The third-order valence-corrected chi connectivity index (χ3v) is 5.86. The molecule has 1 aromatic heterocycles. The molecule has 0 bridgehead atoms. The zero-order chi connectivity index (χ0) is 13.8. The summed E-state index contributed by atoms with van der Waals surface area (Å²) in [5, 5.41) is 12.1. The molecule has 1 N–H and O–H groups in total. The van der Waals surface area contributed by atoms with Gasteiger partial charge in [-0.2, -0.15) is 0 Å². The maximum absolute atomic E-state index is 12.0. The van der Waals surface area contributed by atoms with Crippen LogP contribution in [-0.2, 0) is 4.79 Å². The summed E-state index contributed by atoms with van der Waals surface area (Å²) in [6.45, 7) is 6.45. The van der Waals surface area contributed by atoms with Crippen molar-refractivity contribution in [2.45, 2.75) is 50.4 Å². The number of aromatic nitrogens is 2. The predicted octanol–water partition coefficient (Wildman–Crippen LogP) is 2.88. The summed E-state index contributed by atoms with van der Waals surface area (Å²) in [6, 6.07) is 0.341. The molecule has 6 heteroatoms. The van der Waals surface area contributed by atoms with E-state index in [9.17, 15) is 4.79 Å². The fraction of sp³-hybridized carbons (Fsp3) is 0.769. The molecule has 4 nitrogen and oxygen atoms in total. The van der Waals surface area contributed by atoms with E-state index in [1.165, 1.54) is 35.9 Å². The SMILES string of the molecule is Cc1nnc(SCC(=O)N[C@@H]2CCC[C@@H](C)[C@@H]2C)s1. The van der Waals surface area contributed by atoms with E-state index in [1.54, 1.807) is 0 Å². The molecule has 1 heterocycles. The van der Waals surface area contributed by atoms with Crippen LogP contribution in [0.3, 0.4) is 0 Å². The largest absolute Gasteiger partial charge is 0.352 e. The zero-order valence-electron chi connectivity index (χ0n) is 11.7. The number of carbonyl (C=O) groups excluding carboxylic acids is 1. The van der Waals surface area contributed by atoms with Crippen LogP contribution in [0.25, 0.3) is 0 Å². The normalized spacial score (nSPS) is 27.2. The van der Waals surface area contributed by atoms with Crippen molar-refractivity contribution in [3.8, 4) is 0 Å². The lowest BCUT2D eigenvalue weighted by Crippen LogP contribution is -2.44. The molecule has 19 heavy (non-hydrogen) atoms. The molecule has 0 radical (unpaired) electrons. The van der Waals surface area contributed by atoms with Gasteiger partial charge in [0.05, 0.1) is 5.75 Å². The van der Waals surface area contributed by atoms with Gasteiger partial charge in [-0.15, -0.1) is 10.2 Å². The molecule has 3 atom stereocenters.